The molecule has 1 aromatic heterocycles. The molecule has 10 aromatic rings. The van der Waals surface area contributed by atoms with Crippen molar-refractivity contribution in [2.24, 2.45) is 0 Å². The van der Waals surface area contributed by atoms with Crippen LogP contribution in [0.5, 0.6) is 0 Å². The van der Waals surface area contributed by atoms with Gasteiger partial charge >= 0.3 is 0 Å². The van der Waals surface area contributed by atoms with Crippen LogP contribution in [0.25, 0.3) is 55.0 Å². The Bertz CT molecular complexity index is 3220. The first-order valence-corrected chi connectivity index (χ1v) is 20.3. The Morgan fingerprint density at radius 1 is 0.379 bits per heavy atom. The minimum absolute atomic E-state index is 0.159. The standard InChI is InChI=1S/C56H39NO/c1-55(2)48-25-13-11-22-42(48)44-32-29-39(34-50(44)55)57(52-27-15-24-46-47-31-28-36-16-9-10-21-41(36)53(47)58-54(46)52)40-30-33-45-43-23-12-14-26-49(43)56(51(45)35-40,37-17-5-3-6-18-37)38-19-7-4-8-20-38/h3-35H,1-2H3. The molecule has 2 aliphatic carbocycles. The van der Waals surface area contributed by atoms with Crippen molar-refractivity contribution in [3.05, 3.63) is 234 Å². The first-order valence-electron chi connectivity index (χ1n) is 20.3. The van der Waals surface area contributed by atoms with Crippen LogP contribution in [0.3, 0.4) is 0 Å². The summed E-state index contributed by atoms with van der Waals surface area (Å²) < 4.78 is 7.09. The molecule has 2 aliphatic rings. The zero-order chi connectivity index (χ0) is 38.6. The van der Waals surface area contributed by atoms with Crippen LogP contribution in [0.15, 0.2) is 205 Å². The highest BCUT2D eigenvalue weighted by atomic mass is 16.3. The Hall–Kier alpha value is -7.16. The highest BCUT2D eigenvalue weighted by molar-refractivity contribution is 6.17. The fourth-order valence-corrected chi connectivity index (χ4v) is 10.5. The lowest BCUT2D eigenvalue weighted by Crippen LogP contribution is -2.28. The summed E-state index contributed by atoms with van der Waals surface area (Å²) in [5, 5.41) is 4.52. The van der Waals surface area contributed by atoms with Gasteiger partial charge in [0.2, 0.25) is 0 Å². The lowest BCUT2D eigenvalue weighted by molar-refractivity contribution is 0.660. The molecule has 274 valence electrons. The zero-order valence-electron chi connectivity index (χ0n) is 32.4. The fourth-order valence-electron chi connectivity index (χ4n) is 10.5. The number of para-hydroxylation sites is 1. The summed E-state index contributed by atoms with van der Waals surface area (Å²) in [6, 6.07) is 73.7. The van der Waals surface area contributed by atoms with Crippen LogP contribution in [0.1, 0.15) is 47.2 Å². The van der Waals surface area contributed by atoms with Gasteiger partial charge in [0.15, 0.2) is 5.58 Å². The molecular formula is C56H39NO. The van der Waals surface area contributed by atoms with Crippen LogP contribution in [0.2, 0.25) is 0 Å². The molecule has 1 heterocycles. The molecule has 0 saturated heterocycles. The minimum atomic E-state index is -0.526. The number of furan rings is 1. The van der Waals surface area contributed by atoms with Crippen molar-refractivity contribution in [3.8, 4) is 22.3 Å². The quantitative estimate of drug-likeness (QED) is 0.175. The van der Waals surface area contributed by atoms with E-state index < -0.39 is 5.41 Å². The highest BCUT2D eigenvalue weighted by Crippen LogP contribution is 2.58. The molecule has 0 bridgehead atoms. The van der Waals surface area contributed by atoms with Gasteiger partial charge in [0, 0.05) is 32.9 Å². The summed E-state index contributed by atoms with van der Waals surface area (Å²) in [7, 11) is 0. The van der Waals surface area contributed by atoms with Gasteiger partial charge in [-0.3, -0.25) is 0 Å². The molecular weight excluding hydrogens is 703 g/mol. The molecule has 0 unspecified atom stereocenters. The van der Waals surface area contributed by atoms with Crippen LogP contribution in [-0.2, 0) is 10.8 Å². The number of fused-ring (bicyclic) bond motifs is 11. The lowest BCUT2D eigenvalue weighted by atomic mass is 9.67. The Labute approximate surface area is 338 Å². The van der Waals surface area contributed by atoms with Crippen molar-refractivity contribution in [2.75, 3.05) is 4.90 Å². The van der Waals surface area contributed by atoms with Crippen molar-refractivity contribution < 1.29 is 4.42 Å². The molecule has 0 atom stereocenters. The van der Waals surface area contributed by atoms with Crippen molar-refractivity contribution in [2.45, 2.75) is 24.7 Å². The van der Waals surface area contributed by atoms with E-state index in [-0.39, 0.29) is 5.41 Å². The maximum atomic E-state index is 7.09. The van der Waals surface area contributed by atoms with Gasteiger partial charge in [-0.05, 0) is 97.4 Å². The van der Waals surface area contributed by atoms with Gasteiger partial charge in [0.05, 0.1) is 11.1 Å². The smallest absolute Gasteiger partial charge is 0.159 e. The second-order valence-electron chi connectivity index (χ2n) is 16.4. The van der Waals surface area contributed by atoms with Gasteiger partial charge in [0.1, 0.15) is 5.58 Å². The van der Waals surface area contributed by atoms with Gasteiger partial charge in [0.25, 0.3) is 0 Å². The summed E-state index contributed by atoms with van der Waals surface area (Å²) in [4.78, 5) is 2.44. The summed E-state index contributed by atoms with van der Waals surface area (Å²) in [5.41, 5.74) is 17.2. The molecule has 0 aliphatic heterocycles. The molecule has 0 fully saturated rings. The van der Waals surface area contributed by atoms with Gasteiger partial charge in [-0.2, -0.15) is 0 Å². The van der Waals surface area contributed by atoms with E-state index in [0.29, 0.717) is 0 Å². The third kappa shape index (κ3) is 4.43. The predicted molar refractivity (Wildman–Crippen MR) is 241 cm³/mol. The first kappa shape index (κ1) is 33.0. The number of benzene rings is 9. The minimum Gasteiger partial charge on any atom is -0.453 e. The van der Waals surface area contributed by atoms with Gasteiger partial charge in [-0.25, -0.2) is 0 Å². The van der Waals surface area contributed by atoms with Gasteiger partial charge < -0.3 is 9.32 Å². The van der Waals surface area contributed by atoms with Crippen LogP contribution < -0.4 is 4.90 Å². The third-order valence-corrected chi connectivity index (χ3v) is 13.1. The van der Waals surface area contributed by atoms with Crippen molar-refractivity contribution in [1.29, 1.82) is 0 Å². The Morgan fingerprint density at radius 3 is 1.64 bits per heavy atom. The van der Waals surface area contributed by atoms with E-state index in [0.717, 1.165) is 44.4 Å². The maximum Gasteiger partial charge on any atom is 0.159 e. The summed E-state index contributed by atoms with van der Waals surface area (Å²) in [6.07, 6.45) is 0. The van der Waals surface area contributed by atoms with Crippen LogP contribution in [0.4, 0.5) is 17.1 Å². The van der Waals surface area contributed by atoms with Crippen LogP contribution in [0, 0.1) is 0 Å². The lowest BCUT2D eigenvalue weighted by Gasteiger charge is -2.35. The molecule has 9 aromatic carbocycles. The fraction of sp³-hybridized carbons (Fsp3) is 0.0714. The normalized spacial score (nSPS) is 14.3. The van der Waals surface area contributed by atoms with Crippen LogP contribution >= 0.6 is 0 Å². The van der Waals surface area contributed by atoms with E-state index in [9.17, 15) is 0 Å². The number of hydrogen-bond donors (Lipinski definition) is 0. The summed E-state index contributed by atoms with van der Waals surface area (Å²) in [6.45, 7) is 4.72. The topological polar surface area (TPSA) is 16.4 Å². The van der Waals surface area contributed by atoms with E-state index in [1.54, 1.807) is 0 Å². The van der Waals surface area contributed by atoms with Gasteiger partial charge in [-0.15, -0.1) is 0 Å². The largest absolute Gasteiger partial charge is 0.453 e. The van der Waals surface area contributed by atoms with Gasteiger partial charge in [-0.1, -0.05) is 178 Å². The first-order chi connectivity index (χ1) is 28.5. The Morgan fingerprint density at radius 2 is 0.914 bits per heavy atom. The molecule has 2 nitrogen and oxygen atoms in total. The van der Waals surface area contributed by atoms with Crippen LogP contribution in [-0.4, -0.2) is 0 Å². The molecule has 12 rings (SSSR count). The summed E-state index contributed by atoms with van der Waals surface area (Å²) in [5.74, 6) is 0. The molecule has 0 spiro atoms. The molecule has 2 heteroatoms. The zero-order valence-corrected chi connectivity index (χ0v) is 32.4. The number of rotatable bonds is 5. The molecule has 0 N–H and O–H groups in total. The predicted octanol–water partition coefficient (Wildman–Crippen LogP) is 14.9. The SMILES string of the molecule is CC1(C)c2ccccc2-c2ccc(N(c3ccc4c(c3)C(c3ccccc3)(c3ccccc3)c3ccccc3-4)c3cccc4c3oc3c5ccccc5ccc43)cc21. The molecule has 0 saturated carbocycles. The van der Waals surface area contributed by atoms with E-state index in [1.165, 1.54) is 61.0 Å². The van der Waals surface area contributed by atoms with E-state index >= 15 is 0 Å². The van der Waals surface area contributed by atoms with Crippen molar-refractivity contribution in [3.63, 3.8) is 0 Å². The Balaban J connectivity index is 1.16. The number of anilines is 3. The van der Waals surface area contributed by atoms with E-state index in [4.69, 9.17) is 4.42 Å². The van der Waals surface area contributed by atoms with Crippen molar-refractivity contribution in [1.82, 2.24) is 0 Å². The summed E-state index contributed by atoms with van der Waals surface area (Å²) >= 11 is 0. The second kappa shape index (κ2) is 12.2. The Kier molecular flexibility index (Phi) is 6.93. The van der Waals surface area contributed by atoms with E-state index in [1.807, 2.05) is 0 Å². The highest BCUT2D eigenvalue weighted by Gasteiger charge is 2.46. The number of nitrogens with zero attached hydrogens (tertiary/aromatic N) is 1. The van der Waals surface area contributed by atoms with E-state index in [2.05, 4.69) is 219 Å². The molecule has 58 heavy (non-hydrogen) atoms. The molecule has 0 amide bonds. The van der Waals surface area contributed by atoms with Crippen molar-refractivity contribution >= 4 is 49.8 Å². The monoisotopic (exact) mass is 741 g/mol. The number of hydrogen-bond acceptors (Lipinski definition) is 2. The maximum absolute atomic E-state index is 7.09. The molecule has 0 radical (unpaired) electrons. The second-order valence-corrected chi connectivity index (χ2v) is 16.4. The third-order valence-electron chi connectivity index (χ3n) is 13.1. The average Bonchev–Trinajstić information content (AvgIpc) is 3.89. The average molecular weight is 742 g/mol.